The van der Waals surface area contributed by atoms with E-state index in [9.17, 15) is 21.6 Å². The third kappa shape index (κ3) is 3.22. The van der Waals surface area contributed by atoms with E-state index < -0.39 is 20.2 Å². The second-order valence-electron chi connectivity index (χ2n) is 5.43. The number of sulfone groups is 1. The normalized spacial score (nSPS) is 23.6. The molecule has 1 saturated heterocycles. The first-order valence-corrected chi connectivity index (χ1v) is 8.34. The fourth-order valence-corrected chi connectivity index (χ4v) is 3.31. The quantitative estimate of drug-likeness (QED) is 0.851. The van der Waals surface area contributed by atoms with Crippen molar-refractivity contribution >= 4 is 15.5 Å². The lowest BCUT2D eigenvalue weighted by Crippen LogP contribution is -2.43. The molecule has 2 rings (SSSR count). The fourth-order valence-electron chi connectivity index (χ4n) is 2.54. The minimum absolute atomic E-state index is 0.0485. The van der Waals surface area contributed by atoms with Gasteiger partial charge in [-0.25, -0.2) is 8.42 Å². The van der Waals surface area contributed by atoms with Gasteiger partial charge in [0.1, 0.15) is 0 Å². The first kappa shape index (κ1) is 17.1. The number of rotatable bonds is 3. The maximum Gasteiger partial charge on any atom is 0.501 e. The van der Waals surface area contributed by atoms with Crippen LogP contribution in [-0.2, 0) is 14.6 Å². The van der Waals surface area contributed by atoms with Crippen molar-refractivity contribution in [3.05, 3.63) is 24.3 Å². The number of alkyl halides is 3. The van der Waals surface area contributed by atoms with Gasteiger partial charge in [0.25, 0.3) is 9.84 Å². The van der Waals surface area contributed by atoms with Gasteiger partial charge >= 0.3 is 5.51 Å². The molecule has 0 spiro atoms. The molecule has 4 nitrogen and oxygen atoms in total. The summed E-state index contributed by atoms with van der Waals surface area (Å²) in [6.45, 7) is 3.47. The summed E-state index contributed by atoms with van der Waals surface area (Å²) in [6, 6.07) is 4.80. The molecule has 0 saturated carbocycles. The lowest BCUT2D eigenvalue weighted by atomic mass is 9.95. The van der Waals surface area contributed by atoms with Crippen molar-refractivity contribution in [2.45, 2.75) is 29.9 Å². The summed E-state index contributed by atoms with van der Waals surface area (Å²) in [5.41, 5.74) is -4.59. The summed E-state index contributed by atoms with van der Waals surface area (Å²) in [5.74, 6) is 0.408. The highest BCUT2D eigenvalue weighted by atomic mass is 32.2. The number of benzene rings is 1. The molecule has 1 aromatic carbocycles. The highest BCUT2D eigenvalue weighted by Gasteiger charge is 2.46. The van der Waals surface area contributed by atoms with Gasteiger partial charge < -0.3 is 9.64 Å². The van der Waals surface area contributed by atoms with Gasteiger partial charge in [-0.15, -0.1) is 0 Å². The molecule has 0 bridgehead atoms. The van der Waals surface area contributed by atoms with E-state index >= 15 is 0 Å². The number of hydrogen-bond donors (Lipinski definition) is 0. The van der Waals surface area contributed by atoms with E-state index in [0.29, 0.717) is 18.2 Å². The summed E-state index contributed by atoms with van der Waals surface area (Å²) < 4.78 is 65.5. The topological polar surface area (TPSA) is 46.6 Å². The molecule has 2 unspecified atom stereocenters. The molecule has 1 aromatic rings. The average molecular weight is 337 g/mol. The molecule has 8 heteroatoms. The molecule has 0 aliphatic carbocycles. The van der Waals surface area contributed by atoms with Gasteiger partial charge in [-0.2, -0.15) is 13.2 Å². The van der Waals surface area contributed by atoms with Crippen LogP contribution < -0.4 is 4.90 Å². The average Bonchev–Trinajstić information content (AvgIpc) is 2.47. The van der Waals surface area contributed by atoms with E-state index in [1.54, 1.807) is 7.11 Å². The largest absolute Gasteiger partial charge is 0.501 e. The Balaban J connectivity index is 2.20. The van der Waals surface area contributed by atoms with Crippen LogP contribution >= 0.6 is 0 Å². The number of nitrogens with zero attached hydrogens (tertiary/aromatic N) is 1. The standard InChI is InChI=1S/C14H18F3NO3S/c1-10-7-8-18(9-13(10)21-2)11-3-5-12(6-4-11)22(19,20)14(15,16)17/h3-6,10,13H,7-9H2,1-2H3. The summed E-state index contributed by atoms with van der Waals surface area (Å²) in [4.78, 5) is 1.25. The van der Waals surface area contributed by atoms with Gasteiger partial charge in [0.05, 0.1) is 11.0 Å². The molecule has 124 valence electrons. The molecule has 22 heavy (non-hydrogen) atoms. The molecular weight excluding hydrogens is 319 g/mol. The highest BCUT2D eigenvalue weighted by Crippen LogP contribution is 2.32. The Bertz CT molecular complexity index is 613. The molecule has 0 amide bonds. The smallest absolute Gasteiger partial charge is 0.379 e. The van der Waals surface area contributed by atoms with Crippen molar-refractivity contribution < 1.29 is 26.3 Å². The Hall–Kier alpha value is -1.28. The fraction of sp³-hybridized carbons (Fsp3) is 0.571. The van der Waals surface area contributed by atoms with Gasteiger partial charge in [-0.3, -0.25) is 0 Å². The van der Waals surface area contributed by atoms with Gasteiger partial charge in [0.15, 0.2) is 0 Å². The van der Waals surface area contributed by atoms with Crippen LogP contribution in [0.25, 0.3) is 0 Å². The molecule has 0 aromatic heterocycles. The monoisotopic (exact) mass is 337 g/mol. The highest BCUT2D eigenvalue weighted by molar-refractivity contribution is 7.92. The van der Waals surface area contributed by atoms with Crippen LogP contribution in [0.15, 0.2) is 29.2 Å². The van der Waals surface area contributed by atoms with Crippen LogP contribution in [-0.4, -0.2) is 40.2 Å². The van der Waals surface area contributed by atoms with Crippen LogP contribution in [0, 0.1) is 5.92 Å². The minimum atomic E-state index is -5.29. The van der Waals surface area contributed by atoms with Crippen molar-refractivity contribution in [1.29, 1.82) is 0 Å². The zero-order chi connectivity index (χ0) is 16.5. The SMILES string of the molecule is COC1CN(c2ccc(S(=O)(=O)C(F)(F)F)cc2)CCC1C. The minimum Gasteiger partial charge on any atom is -0.379 e. The second kappa shape index (κ2) is 6.08. The molecule has 0 N–H and O–H groups in total. The van der Waals surface area contributed by atoms with Crippen molar-refractivity contribution in [2.24, 2.45) is 5.92 Å². The summed E-state index contributed by atoms with van der Waals surface area (Å²) in [5, 5.41) is 0. The molecule has 1 aliphatic rings. The Morgan fingerprint density at radius 3 is 2.32 bits per heavy atom. The van der Waals surface area contributed by atoms with E-state index in [4.69, 9.17) is 4.74 Å². The Morgan fingerprint density at radius 2 is 1.82 bits per heavy atom. The zero-order valence-corrected chi connectivity index (χ0v) is 13.1. The van der Waals surface area contributed by atoms with Crippen LogP contribution in [0.2, 0.25) is 0 Å². The number of anilines is 1. The Labute approximate surface area is 127 Å². The van der Waals surface area contributed by atoms with Gasteiger partial charge in [-0.05, 0) is 36.6 Å². The maximum absolute atomic E-state index is 12.5. The van der Waals surface area contributed by atoms with Gasteiger partial charge in [0, 0.05) is 25.9 Å². The predicted octanol–water partition coefficient (Wildman–Crippen LogP) is 2.84. The molecule has 1 aliphatic heterocycles. The molecule has 1 fully saturated rings. The van der Waals surface area contributed by atoms with Crippen molar-refractivity contribution in [3.8, 4) is 0 Å². The Kier molecular flexibility index (Phi) is 4.72. The first-order valence-electron chi connectivity index (χ1n) is 6.86. The summed E-state index contributed by atoms with van der Waals surface area (Å²) in [6.07, 6.45) is 0.952. The Morgan fingerprint density at radius 1 is 1.23 bits per heavy atom. The van der Waals surface area contributed by atoms with Gasteiger partial charge in [0.2, 0.25) is 0 Å². The number of hydrogen-bond acceptors (Lipinski definition) is 4. The predicted molar refractivity (Wildman–Crippen MR) is 76.5 cm³/mol. The van der Waals surface area contributed by atoms with Crippen LogP contribution in [0.1, 0.15) is 13.3 Å². The summed E-state index contributed by atoms with van der Waals surface area (Å²) in [7, 11) is -3.66. The summed E-state index contributed by atoms with van der Waals surface area (Å²) >= 11 is 0. The zero-order valence-electron chi connectivity index (χ0n) is 12.3. The second-order valence-corrected chi connectivity index (χ2v) is 7.37. The van der Waals surface area contributed by atoms with Crippen LogP contribution in [0.4, 0.5) is 18.9 Å². The number of piperidine rings is 1. The van der Waals surface area contributed by atoms with Crippen molar-refractivity contribution in [1.82, 2.24) is 0 Å². The maximum atomic E-state index is 12.5. The molecule has 0 radical (unpaired) electrons. The van der Waals surface area contributed by atoms with E-state index in [2.05, 4.69) is 6.92 Å². The van der Waals surface area contributed by atoms with E-state index in [0.717, 1.165) is 25.1 Å². The van der Waals surface area contributed by atoms with Crippen molar-refractivity contribution in [2.75, 3.05) is 25.1 Å². The number of halogens is 3. The molecule has 1 heterocycles. The number of ether oxygens (including phenoxy) is 1. The van der Waals surface area contributed by atoms with E-state index in [-0.39, 0.29) is 6.10 Å². The lowest BCUT2D eigenvalue weighted by molar-refractivity contribution is -0.0436. The van der Waals surface area contributed by atoms with Crippen LogP contribution in [0.5, 0.6) is 0 Å². The molecular formula is C14H18F3NO3S. The molecule has 2 atom stereocenters. The lowest BCUT2D eigenvalue weighted by Gasteiger charge is -2.37. The third-order valence-corrected chi connectivity index (χ3v) is 5.51. The van der Waals surface area contributed by atoms with Crippen LogP contribution in [0.3, 0.4) is 0 Å². The van der Waals surface area contributed by atoms with Gasteiger partial charge in [-0.1, -0.05) is 6.92 Å². The van der Waals surface area contributed by atoms with E-state index in [1.807, 2.05) is 4.90 Å². The number of methoxy groups -OCH3 is 1. The first-order chi connectivity index (χ1) is 10.2. The van der Waals surface area contributed by atoms with Crippen molar-refractivity contribution in [3.63, 3.8) is 0 Å². The third-order valence-electron chi connectivity index (χ3n) is 4.01. The van der Waals surface area contributed by atoms with E-state index in [1.165, 1.54) is 12.1 Å².